The molecule has 2 atom stereocenters. The van der Waals surface area contributed by atoms with Crippen LogP contribution in [-0.2, 0) is 9.59 Å². The van der Waals surface area contributed by atoms with Gasteiger partial charge < -0.3 is 20.0 Å². The van der Waals surface area contributed by atoms with E-state index in [0.717, 1.165) is 48.4 Å². The highest BCUT2D eigenvalue weighted by Gasteiger charge is 2.34. The van der Waals surface area contributed by atoms with Crippen molar-refractivity contribution in [1.29, 1.82) is 0 Å². The van der Waals surface area contributed by atoms with Crippen LogP contribution in [0, 0.1) is 13.8 Å². The molecule has 2 fully saturated rings. The number of hydrogen-bond donors (Lipinski definition) is 2. The predicted molar refractivity (Wildman–Crippen MR) is 91.9 cm³/mol. The standard InChI is InChI=1S/C18H24N2O4/c1-11-9-12(2)16(20-8-4-6-14(20)18(23)24)10-15(11)19-7-3-5-13(19)17(21)22/h9-10,13-14H,3-8H2,1-2H3,(H,21,22)(H,23,24)/t13-,14-/m0/s1. The topological polar surface area (TPSA) is 81.1 Å². The molecule has 0 amide bonds. The van der Waals surface area contributed by atoms with Crippen molar-refractivity contribution in [3.8, 4) is 0 Å². The second-order valence-corrected chi connectivity index (χ2v) is 6.80. The Morgan fingerprint density at radius 3 is 1.67 bits per heavy atom. The van der Waals surface area contributed by atoms with Crippen molar-refractivity contribution in [3.05, 3.63) is 23.3 Å². The first-order valence-electron chi connectivity index (χ1n) is 8.50. The van der Waals surface area contributed by atoms with Gasteiger partial charge in [-0.05, 0) is 56.7 Å². The van der Waals surface area contributed by atoms with Crippen molar-refractivity contribution in [1.82, 2.24) is 0 Å². The second kappa shape index (κ2) is 6.34. The van der Waals surface area contributed by atoms with E-state index in [1.165, 1.54) is 0 Å². The van der Waals surface area contributed by atoms with Crippen molar-refractivity contribution in [2.24, 2.45) is 0 Å². The van der Waals surface area contributed by atoms with Crippen molar-refractivity contribution in [2.75, 3.05) is 22.9 Å². The van der Waals surface area contributed by atoms with E-state index in [0.29, 0.717) is 12.8 Å². The number of hydrogen-bond acceptors (Lipinski definition) is 4. The second-order valence-electron chi connectivity index (χ2n) is 6.80. The monoisotopic (exact) mass is 332 g/mol. The number of rotatable bonds is 4. The maximum Gasteiger partial charge on any atom is 0.326 e. The number of nitrogens with zero attached hydrogens (tertiary/aromatic N) is 2. The number of carboxylic acids is 2. The number of carboxylic acid groups (broad SMARTS) is 2. The molecule has 0 unspecified atom stereocenters. The third-order valence-electron chi connectivity index (χ3n) is 5.21. The lowest BCUT2D eigenvalue weighted by molar-refractivity contribution is -0.139. The molecule has 1 aromatic rings. The fourth-order valence-corrected chi connectivity index (χ4v) is 4.07. The van der Waals surface area contributed by atoms with Gasteiger partial charge in [0.05, 0.1) is 0 Å². The highest BCUT2D eigenvalue weighted by molar-refractivity contribution is 5.83. The highest BCUT2D eigenvalue weighted by atomic mass is 16.4. The zero-order chi connectivity index (χ0) is 17.4. The Hall–Kier alpha value is -2.24. The van der Waals surface area contributed by atoms with E-state index >= 15 is 0 Å². The fourth-order valence-electron chi connectivity index (χ4n) is 4.07. The summed E-state index contributed by atoms with van der Waals surface area (Å²) in [6, 6.07) is 3.05. The predicted octanol–water partition coefficient (Wildman–Crippen LogP) is 2.41. The Kier molecular flexibility index (Phi) is 4.39. The van der Waals surface area contributed by atoms with Crippen molar-refractivity contribution in [3.63, 3.8) is 0 Å². The van der Waals surface area contributed by atoms with Gasteiger partial charge in [-0.2, -0.15) is 0 Å². The van der Waals surface area contributed by atoms with Gasteiger partial charge in [-0.25, -0.2) is 9.59 Å². The first-order valence-corrected chi connectivity index (χ1v) is 8.50. The lowest BCUT2D eigenvalue weighted by Crippen LogP contribution is -2.38. The zero-order valence-electron chi connectivity index (χ0n) is 14.2. The van der Waals surface area contributed by atoms with Crippen LogP contribution in [0.2, 0.25) is 0 Å². The Morgan fingerprint density at radius 2 is 1.29 bits per heavy atom. The van der Waals surface area contributed by atoms with Crippen LogP contribution in [0.4, 0.5) is 11.4 Å². The molecule has 2 aliphatic heterocycles. The van der Waals surface area contributed by atoms with E-state index in [9.17, 15) is 19.8 Å². The molecule has 0 spiro atoms. The largest absolute Gasteiger partial charge is 0.480 e. The molecule has 0 radical (unpaired) electrons. The number of anilines is 2. The summed E-state index contributed by atoms with van der Waals surface area (Å²) in [5.74, 6) is -1.59. The van der Waals surface area contributed by atoms with E-state index in [-0.39, 0.29) is 0 Å². The molecule has 130 valence electrons. The van der Waals surface area contributed by atoms with Crippen molar-refractivity contribution in [2.45, 2.75) is 51.6 Å². The van der Waals surface area contributed by atoms with Gasteiger partial charge in [0, 0.05) is 24.5 Å². The van der Waals surface area contributed by atoms with Gasteiger partial charge >= 0.3 is 11.9 Å². The SMILES string of the molecule is Cc1cc(C)c(N2CCC[C@H]2C(=O)O)cc1N1CCC[C@H]1C(=O)O. The summed E-state index contributed by atoms with van der Waals surface area (Å²) in [4.78, 5) is 26.9. The molecular weight excluding hydrogens is 308 g/mol. The van der Waals surface area contributed by atoms with E-state index in [1.54, 1.807) is 0 Å². The van der Waals surface area contributed by atoms with Gasteiger partial charge in [0.1, 0.15) is 12.1 Å². The average molecular weight is 332 g/mol. The normalized spacial score (nSPS) is 23.8. The summed E-state index contributed by atoms with van der Waals surface area (Å²) in [6.07, 6.45) is 3.03. The molecular formula is C18H24N2O4. The molecule has 0 bridgehead atoms. The molecule has 2 aliphatic rings. The summed E-state index contributed by atoms with van der Waals surface area (Å²) in [6.45, 7) is 5.43. The van der Waals surface area contributed by atoms with Gasteiger partial charge in [0.25, 0.3) is 0 Å². The van der Waals surface area contributed by atoms with Gasteiger partial charge in [-0.3, -0.25) is 0 Å². The summed E-state index contributed by atoms with van der Waals surface area (Å²) in [5, 5.41) is 18.9. The first kappa shape index (κ1) is 16.6. The van der Waals surface area contributed by atoms with Gasteiger partial charge in [-0.1, -0.05) is 6.07 Å². The Labute approximate surface area is 141 Å². The molecule has 2 heterocycles. The van der Waals surface area contributed by atoms with E-state index in [2.05, 4.69) is 0 Å². The number of benzene rings is 1. The van der Waals surface area contributed by atoms with Crippen LogP contribution in [0.25, 0.3) is 0 Å². The maximum atomic E-state index is 11.5. The van der Waals surface area contributed by atoms with Gasteiger partial charge in [0.15, 0.2) is 0 Å². The van der Waals surface area contributed by atoms with Crippen LogP contribution in [0.5, 0.6) is 0 Å². The van der Waals surface area contributed by atoms with Crippen LogP contribution in [0.3, 0.4) is 0 Å². The van der Waals surface area contributed by atoms with Crippen LogP contribution < -0.4 is 9.80 Å². The van der Waals surface area contributed by atoms with E-state index in [4.69, 9.17) is 0 Å². The van der Waals surface area contributed by atoms with E-state index in [1.807, 2.05) is 35.8 Å². The lowest BCUT2D eigenvalue weighted by atomic mass is 10.0. The quantitative estimate of drug-likeness (QED) is 0.881. The third kappa shape index (κ3) is 2.81. The smallest absolute Gasteiger partial charge is 0.326 e. The molecule has 0 aliphatic carbocycles. The molecule has 2 N–H and O–H groups in total. The highest BCUT2D eigenvalue weighted by Crippen LogP contribution is 2.36. The Morgan fingerprint density at radius 1 is 0.875 bits per heavy atom. The number of carbonyl (C=O) groups is 2. The first-order chi connectivity index (χ1) is 11.4. The molecule has 0 saturated carbocycles. The molecule has 2 saturated heterocycles. The van der Waals surface area contributed by atoms with Crippen molar-refractivity contribution >= 4 is 23.3 Å². The summed E-state index contributed by atoms with van der Waals surface area (Å²) >= 11 is 0. The molecule has 6 heteroatoms. The minimum atomic E-state index is -0.793. The summed E-state index contributed by atoms with van der Waals surface area (Å²) in [5.41, 5.74) is 3.90. The number of aryl methyl sites for hydroxylation is 2. The van der Waals surface area contributed by atoms with Crippen LogP contribution in [-0.4, -0.2) is 47.3 Å². The summed E-state index contributed by atoms with van der Waals surface area (Å²) < 4.78 is 0. The molecule has 0 aromatic heterocycles. The third-order valence-corrected chi connectivity index (χ3v) is 5.21. The zero-order valence-corrected chi connectivity index (χ0v) is 14.2. The maximum absolute atomic E-state index is 11.5. The number of aliphatic carboxylic acids is 2. The van der Waals surface area contributed by atoms with Gasteiger partial charge in [-0.15, -0.1) is 0 Å². The molecule has 1 aromatic carbocycles. The molecule has 24 heavy (non-hydrogen) atoms. The fraction of sp³-hybridized carbons (Fsp3) is 0.556. The van der Waals surface area contributed by atoms with Crippen LogP contribution >= 0.6 is 0 Å². The Balaban J connectivity index is 2.00. The average Bonchev–Trinajstić information content (AvgIpc) is 3.16. The van der Waals surface area contributed by atoms with Crippen LogP contribution in [0.1, 0.15) is 36.8 Å². The van der Waals surface area contributed by atoms with Gasteiger partial charge in [0.2, 0.25) is 0 Å². The van der Waals surface area contributed by atoms with Crippen molar-refractivity contribution < 1.29 is 19.8 Å². The van der Waals surface area contributed by atoms with E-state index < -0.39 is 24.0 Å². The summed E-state index contributed by atoms with van der Waals surface area (Å²) in [7, 11) is 0. The Bertz CT molecular complexity index is 620. The van der Waals surface area contributed by atoms with Crippen LogP contribution in [0.15, 0.2) is 12.1 Å². The molecule has 3 rings (SSSR count). The minimum absolute atomic E-state index is 0.492. The minimum Gasteiger partial charge on any atom is -0.480 e. The molecule has 6 nitrogen and oxygen atoms in total. The lowest BCUT2D eigenvalue weighted by Gasteiger charge is -2.30.